The van der Waals surface area contributed by atoms with E-state index in [1.54, 1.807) is 0 Å². The molecule has 0 unspecified atom stereocenters. The molecule has 0 aromatic rings. The lowest BCUT2D eigenvalue weighted by molar-refractivity contribution is -0.149. The number of fused-ring (bicyclic) bond motifs is 4. The highest BCUT2D eigenvalue weighted by atomic mass is 16.2. The molecule has 0 aromatic carbocycles. The molecule has 0 spiro atoms. The van der Waals surface area contributed by atoms with E-state index < -0.39 is 0 Å². The van der Waals surface area contributed by atoms with Gasteiger partial charge in [0.2, 0.25) is 11.8 Å². The molecule has 2 bridgehead atoms. The zero-order chi connectivity index (χ0) is 15.8. The maximum Gasteiger partial charge on any atom is 0.222 e. The van der Waals surface area contributed by atoms with E-state index in [1.807, 2.05) is 0 Å². The Morgan fingerprint density at radius 1 is 1.00 bits per heavy atom. The van der Waals surface area contributed by atoms with Gasteiger partial charge in [0.15, 0.2) is 0 Å². The van der Waals surface area contributed by atoms with Crippen LogP contribution in [0.4, 0.5) is 0 Å². The Morgan fingerprint density at radius 3 is 2.65 bits per heavy atom. The number of hydrogen-bond acceptors (Lipinski definition) is 2. The summed E-state index contributed by atoms with van der Waals surface area (Å²) in [7, 11) is 0. The molecule has 4 aliphatic rings. The summed E-state index contributed by atoms with van der Waals surface area (Å²) in [5.74, 6) is 2.43. The van der Waals surface area contributed by atoms with Crippen molar-refractivity contribution >= 4 is 11.8 Å². The largest absolute Gasteiger partial charge is 0.342 e. The first-order valence-corrected chi connectivity index (χ1v) is 9.78. The van der Waals surface area contributed by atoms with Gasteiger partial charge in [-0.25, -0.2) is 0 Å². The Balaban J connectivity index is 1.39. The molecular weight excluding hydrogens is 288 g/mol. The zero-order valence-electron chi connectivity index (χ0n) is 14.2. The third kappa shape index (κ3) is 3.14. The molecule has 0 radical (unpaired) electrons. The summed E-state index contributed by atoms with van der Waals surface area (Å²) in [5, 5.41) is 0. The Kier molecular flexibility index (Phi) is 4.33. The van der Waals surface area contributed by atoms with E-state index in [2.05, 4.69) is 9.80 Å². The summed E-state index contributed by atoms with van der Waals surface area (Å²) in [5.41, 5.74) is 0. The standard InChI is InChI=1S/C19H30N2O2/c22-18-8-4-7-17-16-9-15(12-21(17)18)11-20(13-16)19(23)10-14-5-2-1-3-6-14/h14-17H,1-13H2/t15-,16-,17-/m1/s1. The fourth-order valence-corrected chi connectivity index (χ4v) is 5.58. The van der Waals surface area contributed by atoms with Crippen LogP contribution in [0, 0.1) is 17.8 Å². The van der Waals surface area contributed by atoms with Crippen molar-refractivity contribution in [1.82, 2.24) is 9.80 Å². The summed E-state index contributed by atoms with van der Waals surface area (Å²) in [6, 6.07) is 0.415. The van der Waals surface area contributed by atoms with Gasteiger partial charge in [-0.05, 0) is 49.9 Å². The minimum Gasteiger partial charge on any atom is -0.342 e. The maximum atomic E-state index is 12.8. The highest BCUT2D eigenvalue weighted by molar-refractivity contribution is 5.78. The smallest absolute Gasteiger partial charge is 0.222 e. The Bertz CT molecular complexity index is 472. The molecular formula is C19H30N2O2. The van der Waals surface area contributed by atoms with Gasteiger partial charge in [0.25, 0.3) is 0 Å². The number of nitrogens with zero attached hydrogens (tertiary/aromatic N) is 2. The van der Waals surface area contributed by atoms with E-state index in [-0.39, 0.29) is 0 Å². The topological polar surface area (TPSA) is 40.6 Å². The van der Waals surface area contributed by atoms with Crippen LogP contribution >= 0.6 is 0 Å². The molecule has 4 heteroatoms. The highest BCUT2D eigenvalue weighted by Gasteiger charge is 2.44. The maximum absolute atomic E-state index is 12.8. The van der Waals surface area contributed by atoms with Crippen molar-refractivity contribution in [3.05, 3.63) is 0 Å². The fourth-order valence-electron chi connectivity index (χ4n) is 5.58. The van der Waals surface area contributed by atoms with E-state index in [0.717, 1.165) is 45.3 Å². The molecule has 4 rings (SSSR count). The van der Waals surface area contributed by atoms with Crippen molar-refractivity contribution in [2.24, 2.45) is 17.8 Å². The van der Waals surface area contributed by atoms with Crippen LogP contribution in [-0.4, -0.2) is 47.3 Å². The highest BCUT2D eigenvalue weighted by Crippen LogP contribution is 2.38. The van der Waals surface area contributed by atoms with Crippen molar-refractivity contribution in [3.63, 3.8) is 0 Å². The lowest BCUT2D eigenvalue weighted by Crippen LogP contribution is -2.61. The normalized spacial score (nSPS) is 35.1. The summed E-state index contributed by atoms with van der Waals surface area (Å²) >= 11 is 0. The molecule has 3 aliphatic heterocycles. The van der Waals surface area contributed by atoms with Gasteiger partial charge < -0.3 is 9.80 Å². The van der Waals surface area contributed by atoms with Crippen LogP contribution in [0.3, 0.4) is 0 Å². The molecule has 23 heavy (non-hydrogen) atoms. The van der Waals surface area contributed by atoms with Crippen LogP contribution in [0.2, 0.25) is 0 Å². The fraction of sp³-hybridized carbons (Fsp3) is 0.895. The molecule has 2 amide bonds. The van der Waals surface area contributed by atoms with Crippen LogP contribution < -0.4 is 0 Å². The molecule has 0 N–H and O–H groups in total. The third-order valence-electron chi connectivity index (χ3n) is 6.72. The second-order valence-electron chi connectivity index (χ2n) is 8.37. The number of amides is 2. The number of piperidine rings is 3. The lowest BCUT2D eigenvalue weighted by Gasteiger charge is -2.52. The average Bonchev–Trinajstić information content (AvgIpc) is 2.57. The number of hydrogen-bond donors (Lipinski definition) is 0. The van der Waals surface area contributed by atoms with Crippen molar-refractivity contribution in [1.29, 1.82) is 0 Å². The van der Waals surface area contributed by atoms with Gasteiger partial charge in [-0.2, -0.15) is 0 Å². The van der Waals surface area contributed by atoms with Crippen LogP contribution in [0.1, 0.15) is 64.2 Å². The first-order valence-electron chi connectivity index (χ1n) is 9.78. The van der Waals surface area contributed by atoms with Gasteiger partial charge in [-0.15, -0.1) is 0 Å². The van der Waals surface area contributed by atoms with Gasteiger partial charge in [-0.3, -0.25) is 9.59 Å². The zero-order valence-corrected chi connectivity index (χ0v) is 14.2. The first kappa shape index (κ1) is 15.5. The molecule has 4 fully saturated rings. The number of likely N-dealkylation sites (tertiary alicyclic amines) is 1. The summed E-state index contributed by atoms with van der Waals surface area (Å²) in [4.78, 5) is 29.3. The summed E-state index contributed by atoms with van der Waals surface area (Å²) in [6.07, 6.45) is 11.4. The molecule has 3 heterocycles. The van der Waals surface area contributed by atoms with Gasteiger partial charge in [0.1, 0.15) is 0 Å². The third-order valence-corrected chi connectivity index (χ3v) is 6.72. The monoisotopic (exact) mass is 318 g/mol. The predicted octanol–water partition coefficient (Wildman–Crippen LogP) is 2.82. The second kappa shape index (κ2) is 6.45. The molecule has 3 saturated heterocycles. The molecule has 0 aromatic heterocycles. The molecule has 4 nitrogen and oxygen atoms in total. The Labute approximate surface area is 139 Å². The van der Waals surface area contributed by atoms with Crippen LogP contribution in [0.25, 0.3) is 0 Å². The van der Waals surface area contributed by atoms with Crippen molar-refractivity contribution < 1.29 is 9.59 Å². The average molecular weight is 318 g/mol. The lowest BCUT2D eigenvalue weighted by atomic mass is 9.75. The molecule has 128 valence electrons. The number of rotatable bonds is 2. The molecule has 1 saturated carbocycles. The quantitative estimate of drug-likeness (QED) is 0.785. The van der Waals surface area contributed by atoms with E-state index in [0.29, 0.717) is 35.6 Å². The van der Waals surface area contributed by atoms with Gasteiger partial charge >= 0.3 is 0 Å². The van der Waals surface area contributed by atoms with Crippen LogP contribution in [0.5, 0.6) is 0 Å². The van der Waals surface area contributed by atoms with E-state index in [1.165, 1.54) is 38.5 Å². The van der Waals surface area contributed by atoms with Crippen molar-refractivity contribution in [3.8, 4) is 0 Å². The second-order valence-corrected chi connectivity index (χ2v) is 8.37. The summed E-state index contributed by atoms with van der Waals surface area (Å²) in [6.45, 7) is 2.68. The van der Waals surface area contributed by atoms with Gasteiger partial charge in [-0.1, -0.05) is 19.3 Å². The van der Waals surface area contributed by atoms with Gasteiger partial charge in [0, 0.05) is 38.5 Å². The van der Waals surface area contributed by atoms with Crippen LogP contribution in [-0.2, 0) is 9.59 Å². The molecule has 3 atom stereocenters. The van der Waals surface area contributed by atoms with Gasteiger partial charge in [0.05, 0.1) is 0 Å². The van der Waals surface area contributed by atoms with E-state index in [4.69, 9.17) is 0 Å². The Morgan fingerprint density at radius 2 is 1.83 bits per heavy atom. The van der Waals surface area contributed by atoms with E-state index >= 15 is 0 Å². The minimum atomic E-state index is 0.359. The first-order chi connectivity index (χ1) is 11.2. The van der Waals surface area contributed by atoms with Crippen LogP contribution in [0.15, 0.2) is 0 Å². The SMILES string of the molecule is O=C(CC1CCCCC1)N1C[C@H]2C[C@H](C1)[C@H]1CCCC(=O)N1C2. The predicted molar refractivity (Wildman–Crippen MR) is 88.7 cm³/mol. The molecule has 1 aliphatic carbocycles. The minimum absolute atomic E-state index is 0.359. The number of carbonyl (C=O) groups is 2. The number of carbonyl (C=O) groups excluding carboxylic acids is 2. The van der Waals surface area contributed by atoms with E-state index in [9.17, 15) is 9.59 Å². The van der Waals surface area contributed by atoms with Crippen molar-refractivity contribution in [2.75, 3.05) is 19.6 Å². The summed E-state index contributed by atoms with van der Waals surface area (Å²) < 4.78 is 0. The van der Waals surface area contributed by atoms with Crippen molar-refractivity contribution in [2.45, 2.75) is 70.3 Å². The Hall–Kier alpha value is -1.06.